The highest BCUT2D eigenvalue weighted by atomic mass is 19.4. The summed E-state index contributed by atoms with van der Waals surface area (Å²) >= 11 is 0. The van der Waals surface area contributed by atoms with Crippen LogP contribution in [0, 0.1) is 19.3 Å². The fourth-order valence-electron chi connectivity index (χ4n) is 2.77. The topological polar surface area (TPSA) is 62.1 Å². The van der Waals surface area contributed by atoms with Crippen molar-refractivity contribution in [1.29, 1.82) is 0 Å². The van der Waals surface area contributed by atoms with Gasteiger partial charge in [-0.05, 0) is 37.1 Å². The number of nitrogens with zero attached hydrogens (tertiary/aromatic N) is 2. The van der Waals surface area contributed by atoms with E-state index in [2.05, 4.69) is 5.10 Å². The van der Waals surface area contributed by atoms with Crippen molar-refractivity contribution < 1.29 is 27.8 Å². The SMILES string of the molecule is Cc1cc(C)cc(OCC(=O)N2N=C(C(F)(F)F)C[C@]2(O)C(C)(C)C)c1. The average Bonchev–Trinajstić information content (AvgIpc) is 2.83. The van der Waals surface area contributed by atoms with Crippen molar-refractivity contribution in [1.82, 2.24) is 5.01 Å². The fourth-order valence-corrected chi connectivity index (χ4v) is 2.77. The van der Waals surface area contributed by atoms with Crippen LogP contribution in [0.5, 0.6) is 5.75 Å². The van der Waals surface area contributed by atoms with E-state index in [4.69, 9.17) is 4.74 Å². The molecular weight excluding hydrogens is 349 g/mol. The Labute approximate surface area is 150 Å². The van der Waals surface area contributed by atoms with Crippen LogP contribution in [0.3, 0.4) is 0 Å². The molecule has 1 heterocycles. The number of rotatable bonds is 3. The molecule has 0 radical (unpaired) electrons. The second-order valence-electron chi connectivity index (χ2n) is 7.61. The molecule has 2 rings (SSSR count). The molecule has 1 aliphatic rings. The molecule has 1 aliphatic heterocycles. The number of aliphatic hydroxyl groups is 1. The maximum atomic E-state index is 13.1. The van der Waals surface area contributed by atoms with Gasteiger partial charge in [0, 0.05) is 11.8 Å². The molecule has 0 spiro atoms. The Morgan fingerprint density at radius 3 is 2.23 bits per heavy atom. The third-order valence-corrected chi connectivity index (χ3v) is 4.31. The molecule has 1 atom stereocenters. The normalized spacial score (nSPS) is 21.0. The quantitative estimate of drug-likeness (QED) is 0.882. The highest BCUT2D eigenvalue weighted by molar-refractivity contribution is 5.94. The largest absolute Gasteiger partial charge is 0.484 e. The Hall–Kier alpha value is -2.09. The molecule has 144 valence electrons. The van der Waals surface area contributed by atoms with Crippen LogP contribution in [-0.4, -0.2) is 40.2 Å². The van der Waals surface area contributed by atoms with Crippen molar-refractivity contribution in [3.05, 3.63) is 29.3 Å². The third-order valence-electron chi connectivity index (χ3n) is 4.31. The zero-order valence-electron chi connectivity index (χ0n) is 15.4. The zero-order chi connectivity index (χ0) is 19.9. The lowest BCUT2D eigenvalue weighted by molar-refractivity contribution is -0.183. The number of benzene rings is 1. The van der Waals surface area contributed by atoms with Crippen LogP contribution in [0.1, 0.15) is 38.3 Å². The average molecular weight is 372 g/mol. The van der Waals surface area contributed by atoms with Gasteiger partial charge in [0.2, 0.25) is 0 Å². The van der Waals surface area contributed by atoms with Crippen LogP contribution < -0.4 is 4.74 Å². The molecule has 0 bridgehead atoms. The summed E-state index contributed by atoms with van der Waals surface area (Å²) in [5.41, 5.74) is -2.45. The number of hydrogen-bond acceptors (Lipinski definition) is 4. The number of alkyl halides is 3. The van der Waals surface area contributed by atoms with E-state index in [-0.39, 0.29) is 0 Å². The number of carbonyl (C=O) groups is 1. The van der Waals surface area contributed by atoms with E-state index in [1.54, 1.807) is 32.9 Å². The van der Waals surface area contributed by atoms with E-state index in [0.717, 1.165) is 11.1 Å². The molecule has 0 saturated heterocycles. The van der Waals surface area contributed by atoms with Crippen molar-refractivity contribution in [2.75, 3.05) is 6.61 Å². The standard InChI is InChI=1S/C18H23F3N2O3/c1-11-6-12(2)8-13(7-11)26-10-15(24)23-17(25,16(3,4)5)9-14(22-23)18(19,20)21/h6-8,25H,9-10H2,1-5H3/t17-/m0/s1. The first-order valence-corrected chi connectivity index (χ1v) is 8.15. The van der Waals surface area contributed by atoms with Gasteiger partial charge < -0.3 is 9.84 Å². The lowest BCUT2D eigenvalue weighted by Gasteiger charge is -2.41. The predicted octanol–water partition coefficient (Wildman–Crippen LogP) is 3.57. The molecule has 8 heteroatoms. The second-order valence-corrected chi connectivity index (χ2v) is 7.61. The molecule has 0 aliphatic carbocycles. The Balaban J connectivity index is 2.24. The van der Waals surface area contributed by atoms with Crippen LogP contribution in [0.25, 0.3) is 0 Å². The molecule has 1 N–H and O–H groups in total. The van der Waals surface area contributed by atoms with Gasteiger partial charge in [-0.25, -0.2) is 0 Å². The van der Waals surface area contributed by atoms with E-state index in [1.807, 2.05) is 19.9 Å². The van der Waals surface area contributed by atoms with Gasteiger partial charge in [-0.3, -0.25) is 4.79 Å². The van der Waals surface area contributed by atoms with Crippen molar-refractivity contribution in [3.63, 3.8) is 0 Å². The minimum Gasteiger partial charge on any atom is -0.484 e. The third kappa shape index (κ3) is 4.00. The first-order valence-electron chi connectivity index (χ1n) is 8.15. The molecule has 5 nitrogen and oxygen atoms in total. The summed E-state index contributed by atoms with van der Waals surface area (Å²) in [4.78, 5) is 12.5. The lowest BCUT2D eigenvalue weighted by atomic mass is 9.80. The van der Waals surface area contributed by atoms with Gasteiger partial charge in [0.15, 0.2) is 12.3 Å². The van der Waals surface area contributed by atoms with Crippen molar-refractivity contribution in [2.45, 2.75) is 52.9 Å². The van der Waals surface area contributed by atoms with Gasteiger partial charge in [0.1, 0.15) is 11.5 Å². The van der Waals surface area contributed by atoms with Gasteiger partial charge in [-0.2, -0.15) is 23.3 Å². The molecule has 1 aromatic rings. The highest BCUT2D eigenvalue weighted by Gasteiger charge is 2.57. The zero-order valence-corrected chi connectivity index (χ0v) is 15.4. The number of hydrogen-bond donors (Lipinski definition) is 1. The maximum absolute atomic E-state index is 13.1. The van der Waals surface area contributed by atoms with E-state index >= 15 is 0 Å². The number of carbonyl (C=O) groups excluding carboxylic acids is 1. The first-order chi connectivity index (χ1) is 11.7. The van der Waals surface area contributed by atoms with Gasteiger partial charge in [-0.15, -0.1) is 0 Å². The predicted molar refractivity (Wildman–Crippen MR) is 90.8 cm³/mol. The van der Waals surface area contributed by atoms with E-state index in [0.29, 0.717) is 10.8 Å². The number of aryl methyl sites for hydroxylation is 2. The van der Waals surface area contributed by atoms with Crippen LogP contribution in [0.15, 0.2) is 23.3 Å². The fraction of sp³-hybridized carbons (Fsp3) is 0.556. The van der Waals surface area contributed by atoms with E-state index in [9.17, 15) is 23.1 Å². The number of amides is 1. The van der Waals surface area contributed by atoms with Crippen LogP contribution in [-0.2, 0) is 4.79 Å². The molecule has 26 heavy (non-hydrogen) atoms. The number of halogens is 3. The molecular formula is C18H23F3N2O3. The Bertz CT molecular complexity index is 718. The minimum absolute atomic E-state index is 0.425. The van der Waals surface area contributed by atoms with E-state index in [1.165, 1.54) is 0 Å². The van der Waals surface area contributed by atoms with Crippen molar-refractivity contribution in [3.8, 4) is 5.75 Å². The van der Waals surface area contributed by atoms with Crippen LogP contribution in [0.4, 0.5) is 13.2 Å². The Morgan fingerprint density at radius 1 is 1.23 bits per heavy atom. The number of ether oxygens (including phenoxy) is 1. The summed E-state index contributed by atoms with van der Waals surface area (Å²) in [6, 6.07) is 5.35. The van der Waals surface area contributed by atoms with Crippen molar-refractivity contribution >= 4 is 11.6 Å². The summed E-state index contributed by atoms with van der Waals surface area (Å²) in [6.07, 6.45) is -5.50. The lowest BCUT2D eigenvalue weighted by Crippen LogP contribution is -2.56. The maximum Gasteiger partial charge on any atom is 0.431 e. The van der Waals surface area contributed by atoms with Crippen LogP contribution >= 0.6 is 0 Å². The first kappa shape index (κ1) is 20.2. The summed E-state index contributed by atoms with van der Waals surface area (Å²) in [6.45, 7) is 7.84. The molecule has 0 aromatic heterocycles. The smallest absolute Gasteiger partial charge is 0.431 e. The summed E-state index contributed by atoms with van der Waals surface area (Å²) in [7, 11) is 0. The van der Waals surface area contributed by atoms with Gasteiger partial charge in [-0.1, -0.05) is 26.8 Å². The highest BCUT2D eigenvalue weighted by Crippen LogP contribution is 2.43. The molecule has 1 amide bonds. The Morgan fingerprint density at radius 2 is 1.77 bits per heavy atom. The van der Waals surface area contributed by atoms with E-state index < -0.39 is 42.0 Å². The number of hydrazone groups is 1. The van der Waals surface area contributed by atoms with Gasteiger partial charge in [0.25, 0.3) is 5.91 Å². The molecule has 1 aromatic carbocycles. The van der Waals surface area contributed by atoms with Gasteiger partial charge >= 0.3 is 6.18 Å². The Kier molecular flexibility index (Phi) is 5.11. The second kappa shape index (κ2) is 6.57. The van der Waals surface area contributed by atoms with Crippen molar-refractivity contribution in [2.24, 2.45) is 10.5 Å². The summed E-state index contributed by atoms with van der Waals surface area (Å²) in [5.74, 6) is -0.421. The minimum atomic E-state index is -4.72. The summed E-state index contributed by atoms with van der Waals surface area (Å²) < 4.78 is 44.6. The molecule has 0 unspecified atom stereocenters. The monoisotopic (exact) mass is 372 g/mol. The molecule has 0 fully saturated rings. The van der Waals surface area contributed by atoms with Crippen LogP contribution in [0.2, 0.25) is 0 Å². The summed E-state index contributed by atoms with van der Waals surface area (Å²) in [5, 5.41) is 14.7. The molecule has 0 saturated carbocycles. The van der Waals surface area contributed by atoms with Gasteiger partial charge in [0.05, 0.1) is 0 Å².